The standard InChI is InChI=1S/C59H86N12O16/c1-5-25-87-70-44(20-22-55(81)82)56(83)52(77)30-62-29-48(73)35(2)63-32-50(75)42(19-21-54(79)80)66-31-49(74)36(3)64-33-51(76)43(13-8-9-23-60)69-71-24-10-14-47(71)58(85)57(84)45(27-38-28-65-41-12-7-6-11-40(38)41)68-59(86)46(67-53(78)34-61-4)26-37-15-17-39(72)18-16-37/h6-7,11-12,15-18,28,35-36,42-47,61-66,69-70,72H,5,8-10,13-14,19-27,29-34,60H2,1-4H3,(H,67,78)(H,68,86)(H,79,80)(H,81,82)/t35-,36-,42-,43-,44-,45-,46-,47-/m0/s1. The number of fused-ring (bicyclic) bond motifs is 1. The molecule has 0 spiro atoms. The second-order valence-corrected chi connectivity index (χ2v) is 21.5. The highest BCUT2D eigenvalue weighted by Gasteiger charge is 2.40. The minimum atomic E-state index is -1.40. The molecule has 28 nitrogen and oxygen atoms in total. The van der Waals surface area contributed by atoms with Crippen LogP contribution in [0.5, 0.6) is 5.75 Å². The van der Waals surface area contributed by atoms with Gasteiger partial charge >= 0.3 is 11.9 Å². The maximum atomic E-state index is 14.6. The van der Waals surface area contributed by atoms with Crippen LogP contribution in [0.1, 0.15) is 96.1 Å². The molecule has 0 radical (unpaired) electrons. The monoisotopic (exact) mass is 1220 g/mol. The summed E-state index contributed by atoms with van der Waals surface area (Å²) in [6.07, 6.45) is 2.93. The number of likely N-dealkylation sites (N-methyl/N-ethyl adjacent to an activating group) is 1. The Kier molecular flexibility index (Phi) is 31.5. The van der Waals surface area contributed by atoms with E-state index in [2.05, 4.69) is 53.1 Å². The van der Waals surface area contributed by atoms with Crippen molar-refractivity contribution in [2.24, 2.45) is 5.73 Å². The van der Waals surface area contributed by atoms with Crippen LogP contribution >= 0.6 is 0 Å². The molecular weight excluding hydrogens is 1130 g/mol. The summed E-state index contributed by atoms with van der Waals surface area (Å²) >= 11 is 0. The molecule has 1 fully saturated rings. The minimum absolute atomic E-state index is 0.00248. The summed E-state index contributed by atoms with van der Waals surface area (Å²) < 4.78 is 0. The van der Waals surface area contributed by atoms with Crippen molar-refractivity contribution in [2.45, 2.75) is 146 Å². The largest absolute Gasteiger partial charge is 0.508 e. The summed E-state index contributed by atoms with van der Waals surface area (Å²) in [5.41, 5.74) is 13.4. The Morgan fingerprint density at radius 1 is 0.690 bits per heavy atom. The number of aromatic nitrogens is 1. The predicted molar refractivity (Wildman–Crippen MR) is 318 cm³/mol. The van der Waals surface area contributed by atoms with E-state index in [0.717, 1.165) is 10.9 Å². The van der Waals surface area contributed by atoms with Crippen LogP contribution in [0.3, 0.4) is 0 Å². The van der Waals surface area contributed by atoms with Gasteiger partial charge in [-0.15, -0.1) is 0 Å². The summed E-state index contributed by atoms with van der Waals surface area (Å²) in [6, 6.07) is 4.55. The third kappa shape index (κ3) is 24.7. The summed E-state index contributed by atoms with van der Waals surface area (Å²) in [7, 11) is 1.56. The number of carboxylic acids is 2. The average Bonchev–Trinajstić information content (AvgIpc) is 2.09. The van der Waals surface area contributed by atoms with Crippen molar-refractivity contribution in [2.75, 3.05) is 66.0 Å². The van der Waals surface area contributed by atoms with Gasteiger partial charge in [0.1, 0.15) is 11.8 Å². The zero-order valence-corrected chi connectivity index (χ0v) is 49.8. The van der Waals surface area contributed by atoms with Gasteiger partial charge in [0.15, 0.2) is 23.1 Å². The molecular formula is C59H86N12O16. The van der Waals surface area contributed by atoms with E-state index >= 15 is 0 Å². The fraction of sp³-hybridized carbons (Fsp3) is 0.559. The summed E-state index contributed by atoms with van der Waals surface area (Å²) in [5.74, 6) is -9.13. The first kappa shape index (κ1) is 72.1. The van der Waals surface area contributed by atoms with Crippen LogP contribution in [0.15, 0.2) is 54.7 Å². The van der Waals surface area contributed by atoms with Crippen molar-refractivity contribution in [1.82, 2.24) is 58.1 Å². The van der Waals surface area contributed by atoms with Crippen molar-refractivity contribution >= 4 is 80.9 Å². The smallest absolute Gasteiger partial charge is 0.303 e. The van der Waals surface area contributed by atoms with E-state index in [4.69, 9.17) is 15.7 Å². The molecule has 1 aliphatic heterocycles. The molecule has 0 saturated carbocycles. The number of H-pyrrole nitrogens is 1. The number of hydrogen-bond acceptors (Lipinski definition) is 23. The lowest BCUT2D eigenvalue weighted by molar-refractivity contribution is -0.142. The van der Waals surface area contributed by atoms with Gasteiger partial charge in [-0.25, -0.2) is 10.4 Å². The van der Waals surface area contributed by atoms with Gasteiger partial charge in [0.05, 0.1) is 88.2 Å². The Morgan fingerprint density at radius 2 is 1.32 bits per heavy atom. The Bertz CT molecular complexity index is 2830. The lowest BCUT2D eigenvalue weighted by atomic mass is 9.95. The van der Waals surface area contributed by atoms with Gasteiger partial charge in [0.2, 0.25) is 34.9 Å². The van der Waals surface area contributed by atoms with Crippen molar-refractivity contribution < 1.29 is 77.7 Å². The van der Waals surface area contributed by atoms with E-state index in [0.29, 0.717) is 43.4 Å². The second kappa shape index (κ2) is 38.0. The Hall–Kier alpha value is -7.38. The maximum absolute atomic E-state index is 14.6. The third-order valence-corrected chi connectivity index (χ3v) is 14.6. The number of carboxylic acid groups (broad SMARTS) is 2. The molecule has 2 amide bonds. The fourth-order valence-electron chi connectivity index (χ4n) is 9.51. The van der Waals surface area contributed by atoms with E-state index in [9.17, 15) is 67.7 Å². The number of carbonyl (C=O) groups is 12. The number of phenolic OH excluding ortho intramolecular Hbond substituents is 1. The lowest BCUT2D eigenvalue weighted by Gasteiger charge is -2.30. The van der Waals surface area contributed by atoms with Gasteiger partial charge in [-0.05, 0) is 102 Å². The number of aromatic amines is 1. The first-order chi connectivity index (χ1) is 41.6. The number of benzene rings is 2. The number of carbonyl (C=O) groups excluding carboxylic acids is 10. The summed E-state index contributed by atoms with van der Waals surface area (Å²) in [6.45, 7) is 3.35. The molecule has 4 rings (SSSR count). The summed E-state index contributed by atoms with van der Waals surface area (Å²) in [5, 5.41) is 49.9. The van der Waals surface area contributed by atoms with Gasteiger partial charge in [-0.2, -0.15) is 5.48 Å². The normalized spacial score (nSPS) is 15.8. The number of amides is 2. The van der Waals surface area contributed by atoms with Crippen molar-refractivity contribution in [3.05, 3.63) is 65.9 Å². The third-order valence-electron chi connectivity index (χ3n) is 14.6. The minimum Gasteiger partial charge on any atom is -0.508 e. The Morgan fingerprint density at radius 3 is 1.97 bits per heavy atom. The predicted octanol–water partition coefficient (Wildman–Crippen LogP) is -1.60. The molecule has 2 heterocycles. The summed E-state index contributed by atoms with van der Waals surface area (Å²) in [4.78, 5) is 166. The van der Waals surface area contributed by atoms with E-state index in [1.807, 2.05) is 31.2 Å². The molecule has 1 aromatic heterocycles. The number of aliphatic carboxylic acids is 2. The number of unbranched alkanes of at least 4 members (excludes halogenated alkanes) is 1. The second-order valence-electron chi connectivity index (χ2n) is 21.5. The van der Waals surface area contributed by atoms with E-state index < -0.39 is 152 Å². The number of hydrazine groups is 1. The molecule has 87 heavy (non-hydrogen) atoms. The highest BCUT2D eigenvalue weighted by atomic mass is 16.6. The molecule has 0 unspecified atom stereocenters. The van der Waals surface area contributed by atoms with Crippen LogP contribution in [0.4, 0.5) is 0 Å². The number of nitrogens with zero attached hydrogens (tertiary/aromatic N) is 1. The number of para-hydroxylation sites is 1. The number of hydroxylamine groups is 1. The fourth-order valence-corrected chi connectivity index (χ4v) is 9.51. The van der Waals surface area contributed by atoms with Crippen LogP contribution < -0.4 is 53.9 Å². The van der Waals surface area contributed by atoms with Crippen LogP contribution in [-0.2, 0) is 75.2 Å². The zero-order chi connectivity index (χ0) is 64.0. The van der Waals surface area contributed by atoms with Crippen LogP contribution in [0.2, 0.25) is 0 Å². The quantitative estimate of drug-likeness (QED) is 0.0172. The van der Waals surface area contributed by atoms with Gasteiger partial charge in [0, 0.05) is 49.3 Å². The molecule has 478 valence electrons. The number of nitrogens with one attached hydrogen (secondary N) is 10. The topological polar surface area (TPSA) is 428 Å². The number of ketones is 8. The molecule has 0 bridgehead atoms. The van der Waals surface area contributed by atoms with Crippen molar-refractivity contribution in [1.29, 1.82) is 0 Å². The molecule has 28 heteroatoms. The van der Waals surface area contributed by atoms with E-state index in [1.54, 1.807) is 30.4 Å². The number of hydrogen-bond donors (Lipinski definition) is 14. The number of Topliss-reactive ketones (excluding diaryl/α,β-unsaturated/α-hetero) is 8. The van der Waals surface area contributed by atoms with Crippen LogP contribution in [0.25, 0.3) is 10.9 Å². The van der Waals surface area contributed by atoms with Crippen LogP contribution in [-0.4, -0.2) is 210 Å². The molecule has 2 aromatic carbocycles. The number of aromatic hydroxyl groups is 1. The number of phenols is 1. The number of rotatable bonds is 47. The van der Waals surface area contributed by atoms with Gasteiger partial charge in [0.25, 0.3) is 0 Å². The maximum Gasteiger partial charge on any atom is 0.303 e. The molecule has 1 saturated heterocycles. The highest BCUT2D eigenvalue weighted by Crippen LogP contribution is 2.23. The number of nitrogens with two attached hydrogens (primary N) is 1. The van der Waals surface area contributed by atoms with E-state index in [1.165, 1.54) is 26.0 Å². The van der Waals surface area contributed by atoms with Crippen molar-refractivity contribution in [3.63, 3.8) is 0 Å². The van der Waals surface area contributed by atoms with Gasteiger partial charge < -0.3 is 68.1 Å². The van der Waals surface area contributed by atoms with Gasteiger partial charge in [-0.1, -0.05) is 43.7 Å². The molecule has 3 aromatic rings. The van der Waals surface area contributed by atoms with Gasteiger partial charge in [-0.3, -0.25) is 57.5 Å². The van der Waals surface area contributed by atoms with Crippen molar-refractivity contribution in [3.8, 4) is 5.75 Å². The highest BCUT2D eigenvalue weighted by molar-refractivity contribution is 6.41. The Balaban J connectivity index is 1.38. The average molecular weight is 1220 g/mol. The SMILES string of the molecule is CCCON[C@@H](CCC(=O)O)C(=O)C(=O)CNCC(=O)[C@H](C)NCC(=O)[C@H](CCC(=O)O)NCC(=O)[C@H](C)NCC(=O)[C@H](CCCCN)NN1CCC[C@H]1C(=O)C(=O)[C@H](Cc1c[nH]c2ccccc12)NC(=O)[C@H](Cc1ccc(O)cc1)NC(=O)CNC. The molecule has 15 N–H and O–H groups in total. The molecule has 1 aliphatic rings. The Labute approximate surface area is 504 Å². The molecule has 8 atom stereocenters. The molecule has 0 aliphatic carbocycles. The first-order valence-corrected chi connectivity index (χ1v) is 29.3. The van der Waals surface area contributed by atoms with E-state index in [-0.39, 0.29) is 76.3 Å². The lowest BCUT2D eigenvalue weighted by Crippen LogP contribution is -2.58. The first-order valence-electron chi connectivity index (χ1n) is 29.3. The zero-order valence-electron chi connectivity index (χ0n) is 49.8. The van der Waals surface area contributed by atoms with Crippen LogP contribution in [0, 0.1) is 0 Å².